The van der Waals surface area contributed by atoms with Gasteiger partial charge in [-0.05, 0) is 18.2 Å². The molecule has 1 aliphatic carbocycles. The van der Waals surface area contributed by atoms with Gasteiger partial charge in [-0.15, -0.1) is 0 Å². The molecule has 1 aliphatic rings. The number of rotatable bonds is 1. The summed E-state index contributed by atoms with van der Waals surface area (Å²) >= 11 is 0. The molecule has 0 spiro atoms. The van der Waals surface area contributed by atoms with E-state index in [4.69, 9.17) is 4.42 Å². The van der Waals surface area contributed by atoms with Gasteiger partial charge in [0.25, 0.3) is 5.91 Å². The van der Waals surface area contributed by atoms with Crippen molar-refractivity contribution in [2.75, 3.05) is 7.05 Å². The molecule has 0 bridgehead atoms. The molecule has 1 amide bonds. The molecule has 0 radical (unpaired) electrons. The Hall–Kier alpha value is -2.17. The molecule has 3 rings (SSSR count). The molecule has 1 aromatic heterocycles. The zero-order chi connectivity index (χ0) is 14.5. The van der Waals surface area contributed by atoms with E-state index < -0.39 is 17.2 Å². The van der Waals surface area contributed by atoms with Gasteiger partial charge in [0.15, 0.2) is 11.2 Å². The Balaban J connectivity index is 0.000000315. The van der Waals surface area contributed by atoms with Gasteiger partial charge < -0.3 is 9.73 Å². The van der Waals surface area contributed by atoms with Crippen molar-refractivity contribution in [1.29, 1.82) is 0 Å². The molecule has 2 aromatic rings. The number of carbonyl (C=O) groups excluding carboxylic acids is 1. The number of benzene rings is 1. The number of carbonyl (C=O) groups is 1. The van der Waals surface area contributed by atoms with Crippen LogP contribution in [-0.2, 0) is 0 Å². The minimum atomic E-state index is -0.521. The van der Waals surface area contributed by atoms with Crippen LogP contribution in [0.15, 0.2) is 33.5 Å². The van der Waals surface area contributed by atoms with E-state index in [1.165, 1.54) is 44.9 Å². The van der Waals surface area contributed by atoms with Crippen LogP contribution in [0.5, 0.6) is 0 Å². The molecule has 0 aliphatic heterocycles. The number of hydrogen-bond donors (Lipinski definition) is 1. The van der Waals surface area contributed by atoms with Gasteiger partial charge in [-0.1, -0.05) is 25.7 Å². The van der Waals surface area contributed by atoms with E-state index in [2.05, 4.69) is 5.32 Å². The van der Waals surface area contributed by atoms with Crippen molar-refractivity contribution in [2.24, 2.45) is 0 Å². The van der Waals surface area contributed by atoms with E-state index in [-0.39, 0.29) is 16.7 Å². The first-order chi connectivity index (χ1) is 9.61. The zero-order valence-electron chi connectivity index (χ0n) is 11.2. The molecule has 0 unspecified atom stereocenters. The fourth-order valence-corrected chi connectivity index (χ4v) is 1.61. The third-order valence-corrected chi connectivity index (χ3v) is 3.14. The monoisotopic (exact) mass is 277 g/mol. The summed E-state index contributed by atoms with van der Waals surface area (Å²) in [6.07, 6.45) is 6.00. The summed E-state index contributed by atoms with van der Waals surface area (Å²) in [6, 6.07) is 4.60. The Labute approximate surface area is 115 Å². The summed E-state index contributed by atoms with van der Waals surface area (Å²) < 4.78 is 18.1. The molecule has 1 saturated carbocycles. The highest BCUT2D eigenvalue weighted by Gasteiger charge is 2.10. The van der Waals surface area contributed by atoms with Crippen LogP contribution in [0.2, 0.25) is 0 Å². The average Bonchev–Trinajstić information content (AvgIpc) is 2.36. The molecule has 20 heavy (non-hydrogen) atoms. The summed E-state index contributed by atoms with van der Waals surface area (Å²) in [5.74, 6) is -1.11. The smallest absolute Gasteiger partial charge is 0.286 e. The Bertz CT molecular complexity index is 670. The van der Waals surface area contributed by atoms with E-state index in [9.17, 15) is 14.0 Å². The van der Waals surface area contributed by atoms with Crippen LogP contribution < -0.4 is 10.7 Å². The summed E-state index contributed by atoms with van der Waals surface area (Å²) in [4.78, 5) is 22.8. The van der Waals surface area contributed by atoms with Gasteiger partial charge >= 0.3 is 0 Å². The minimum Gasteiger partial charge on any atom is -0.451 e. The molecule has 0 saturated heterocycles. The molecule has 5 heteroatoms. The Morgan fingerprint density at radius 3 is 2.40 bits per heavy atom. The fraction of sp³-hybridized carbons (Fsp3) is 0.333. The Morgan fingerprint density at radius 1 is 1.20 bits per heavy atom. The maximum atomic E-state index is 12.9. The zero-order valence-corrected chi connectivity index (χ0v) is 11.2. The van der Waals surface area contributed by atoms with Crippen molar-refractivity contribution in [2.45, 2.75) is 25.7 Å². The van der Waals surface area contributed by atoms with Gasteiger partial charge in [-0.2, -0.15) is 0 Å². The lowest BCUT2D eigenvalue weighted by atomic mass is 10.0. The second kappa shape index (κ2) is 6.32. The highest BCUT2D eigenvalue weighted by molar-refractivity contribution is 5.92. The van der Waals surface area contributed by atoms with Gasteiger partial charge in [0.05, 0.1) is 5.39 Å². The summed E-state index contributed by atoms with van der Waals surface area (Å²) in [5, 5.41) is 2.46. The SMILES string of the molecule is C1CCC1.CNC(=O)c1cc(=O)c2cc(F)ccc2o1. The Kier molecular flexibility index (Phi) is 4.50. The number of amides is 1. The topological polar surface area (TPSA) is 59.3 Å². The predicted molar refractivity (Wildman–Crippen MR) is 74.3 cm³/mol. The van der Waals surface area contributed by atoms with Crippen molar-refractivity contribution in [3.8, 4) is 0 Å². The molecule has 106 valence electrons. The molecule has 0 atom stereocenters. The van der Waals surface area contributed by atoms with Crippen LogP contribution >= 0.6 is 0 Å². The summed E-state index contributed by atoms with van der Waals surface area (Å²) in [7, 11) is 1.43. The average molecular weight is 277 g/mol. The quantitative estimate of drug-likeness (QED) is 0.872. The number of hydrogen-bond acceptors (Lipinski definition) is 3. The highest BCUT2D eigenvalue weighted by Crippen LogP contribution is 2.15. The summed E-state index contributed by atoms with van der Waals surface area (Å²) in [6.45, 7) is 0. The molecule has 1 aromatic carbocycles. The van der Waals surface area contributed by atoms with Crippen LogP contribution in [-0.4, -0.2) is 13.0 Å². The standard InChI is InChI=1S/C11H8FNO3.C4H8/c1-13-11(15)10-5-8(14)7-4-6(12)2-3-9(7)16-10;1-2-4-3-1/h2-5H,1H3,(H,13,15);1-4H2. The first kappa shape index (κ1) is 14.2. The third-order valence-electron chi connectivity index (χ3n) is 3.14. The van der Waals surface area contributed by atoms with Crippen LogP contribution in [0.1, 0.15) is 36.2 Å². The first-order valence-electron chi connectivity index (χ1n) is 6.57. The van der Waals surface area contributed by atoms with Gasteiger partial charge in [0.1, 0.15) is 11.4 Å². The van der Waals surface area contributed by atoms with Crippen molar-refractivity contribution in [3.63, 3.8) is 0 Å². The summed E-state index contributed by atoms with van der Waals surface area (Å²) in [5.41, 5.74) is -0.258. The predicted octanol–water partition coefficient (Wildman–Crippen LogP) is 2.85. The lowest BCUT2D eigenvalue weighted by molar-refractivity contribution is 0.0936. The molecular formula is C15H16FNO3. The van der Waals surface area contributed by atoms with Crippen LogP contribution in [0.4, 0.5) is 4.39 Å². The molecule has 1 N–H and O–H groups in total. The van der Waals surface area contributed by atoms with Crippen molar-refractivity contribution in [3.05, 3.63) is 46.1 Å². The number of halogens is 1. The van der Waals surface area contributed by atoms with Crippen LogP contribution in [0.3, 0.4) is 0 Å². The molecule has 1 heterocycles. The maximum Gasteiger partial charge on any atom is 0.286 e. The van der Waals surface area contributed by atoms with Crippen molar-refractivity contribution >= 4 is 16.9 Å². The van der Waals surface area contributed by atoms with E-state index in [0.29, 0.717) is 0 Å². The maximum absolute atomic E-state index is 12.9. The largest absolute Gasteiger partial charge is 0.451 e. The third kappa shape index (κ3) is 3.23. The van der Waals surface area contributed by atoms with Crippen LogP contribution in [0.25, 0.3) is 11.0 Å². The normalized spacial score (nSPS) is 13.1. The Morgan fingerprint density at radius 2 is 1.85 bits per heavy atom. The minimum absolute atomic E-state index is 0.0911. The second-order valence-electron chi connectivity index (χ2n) is 4.61. The lowest BCUT2D eigenvalue weighted by Gasteiger charge is -2.05. The van der Waals surface area contributed by atoms with E-state index in [1.807, 2.05) is 0 Å². The van der Waals surface area contributed by atoms with E-state index in [0.717, 1.165) is 12.1 Å². The van der Waals surface area contributed by atoms with Gasteiger partial charge in [0.2, 0.25) is 0 Å². The van der Waals surface area contributed by atoms with Crippen LogP contribution in [0, 0.1) is 5.82 Å². The lowest BCUT2D eigenvalue weighted by Crippen LogP contribution is -2.19. The van der Waals surface area contributed by atoms with Crippen molar-refractivity contribution < 1.29 is 13.6 Å². The van der Waals surface area contributed by atoms with Crippen molar-refractivity contribution in [1.82, 2.24) is 5.32 Å². The van der Waals surface area contributed by atoms with Gasteiger partial charge in [-0.25, -0.2) is 4.39 Å². The van der Waals surface area contributed by atoms with E-state index >= 15 is 0 Å². The highest BCUT2D eigenvalue weighted by atomic mass is 19.1. The number of nitrogens with one attached hydrogen (secondary N) is 1. The molecule has 1 fully saturated rings. The van der Waals surface area contributed by atoms with Gasteiger partial charge in [0, 0.05) is 13.1 Å². The first-order valence-corrected chi connectivity index (χ1v) is 6.57. The molecule has 4 nitrogen and oxygen atoms in total. The second-order valence-corrected chi connectivity index (χ2v) is 4.61. The fourth-order valence-electron chi connectivity index (χ4n) is 1.61. The number of fused-ring (bicyclic) bond motifs is 1. The molecular weight excluding hydrogens is 261 g/mol. The van der Waals surface area contributed by atoms with E-state index in [1.54, 1.807) is 0 Å². The van der Waals surface area contributed by atoms with Gasteiger partial charge in [-0.3, -0.25) is 9.59 Å².